The molecule has 0 unspecified atom stereocenters. The third kappa shape index (κ3) is 2.99. The molecule has 0 aliphatic heterocycles. The highest BCUT2D eigenvalue weighted by Crippen LogP contribution is 2.32. The molecule has 2 rings (SSSR count). The number of halogens is 1. The predicted molar refractivity (Wildman–Crippen MR) is 75.5 cm³/mol. The van der Waals surface area contributed by atoms with Gasteiger partial charge in [0.15, 0.2) is 0 Å². The molecule has 2 aromatic rings. The molecule has 0 fully saturated rings. The smallest absolute Gasteiger partial charge is 0.227 e. The highest BCUT2D eigenvalue weighted by atomic mass is 35.5. The van der Waals surface area contributed by atoms with Gasteiger partial charge in [-0.15, -0.1) is 0 Å². The maximum absolute atomic E-state index is 6.22. The second-order valence-electron chi connectivity index (χ2n) is 5.14. The first-order valence-electron chi connectivity index (χ1n) is 5.81. The third-order valence-electron chi connectivity index (χ3n) is 2.60. The van der Waals surface area contributed by atoms with Crippen molar-refractivity contribution in [1.29, 1.82) is 0 Å². The van der Waals surface area contributed by atoms with Gasteiger partial charge >= 0.3 is 0 Å². The van der Waals surface area contributed by atoms with Gasteiger partial charge in [-0.3, -0.25) is 0 Å². The summed E-state index contributed by atoms with van der Waals surface area (Å²) >= 11 is 6.22. The van der Waals surface area contributed by atoms with Crippen molar-refractivity contribution in [3.05, 3.63) is 47.2 Å². The van der Waals surface area contributed by atoms with Gasteiger partial charge in [0.05, 0.1) is 0 Å². The van der Waals surface area contributed by atoms with E-state index in [0.29, 0.717) is 5.95 Å². The molecule has 0 amide bonds. The number of aromatic nitrogens is 2. The average molecular weight is 262 g/mol. The molecule has 1 aromatic heterocycles. The summed E-state index contributed by atoms with van der Waals surface area (Å²) < 4.78 is 0. The molecular formula is C14H16ClN3. The molecule has 0 aliphatic carbocycles. The van der Waals surface area contributed by atoms with E-state index in [9.17, 15) is 0 Å². The Bertz CT molecular complexity index is 532. The summed E-state index contributed by atoms with van der Waals surface area (Å²) in [6, 6.07) is 7.65. The van der Waals surface area contributed by atoms with Gasteiger partial charge < -0.3 is 5.32 Å². The number of nitrogens with one attached hydrogen (secondary N) is 1. The fourth-order valence-electron chi connectivity index (χ4n) is 1.67. The van der Waals surface area contributed by atoms with Gasteiger partial charge in [-0.25, -0.2) is 9.97 Å². The first kappa shape index (κ1) is 12.8. The summed E-state index contributed by atoms with van der Waals surface area (Å²) in [5, 5.41) is 3.94. The van der Waals surface area contributed by atoms with Crippen molar-refractivity contribution in [2.45, 2.75) is 26.2 Å². The zero-order chi connectivity index (χ0) is 13.2. The van der Waals surface area contributed by atoms with E-state index in [4.69, 9.17) is 11.6 Å². The Balaban J connectivity index is 2.31. The van der Waals surface area contributed by atoms with Crippen molar-refractivity contribution < 1.29 is 0 Å². The zero-order valence-corrected chi connectivity index (χ0v) is 11.5. The molecule has 18 heavy (non-hydrogen) atoms. The van der Waals surface area contributed by atoms with Crippen LogP contribution in [0.2, 0.25) is 5.02 Å². The Kier molecular flexibility index (Phi) is 3.53. The molecule has 0 saturated heterocycles. The van der Waals surface area contributed by atoms with Crippen molar-refractivity contribution >= 4 is 23.2 Å². The largest absolute Gasteiger partial charge is 0.324 e. The summed E-state index contributed by atoms with van der Waals surface area (Å²) in [4.78, 5) is 8.27. The SMILES string of the molecule is CC(C)(C)c1cc(Nc2ncccn2)ccc1Cl. The summed E-state index contributed by atoms with van der Waals surface area (Å²) in [5.41, 5.74) is 2.05. The van der Waals surface area contributed by atoms with Crippen LogP contribution in [0, 0.1) is 0 Å². The molecule has 1 aromatic carbocycles. The predicted octanol–water partition coefficient (Wildman–Crippen LogP) is 4.17. The number of rotatable bonds is 2. The van der Waals surface area contributed by atoms with Gasteiger partial charge in [-0.1, -0.05) is 32.4 Å². The molecule has 1 N–H and O–H groups in total. The fourth-order valence-corrected chi connectivity index (χ4v) is 2.07. The summed E-state index contributed by atoms with van der Waals surface area (Å²) in [7, 11) is 0. The monoisotopic (exact) mass is 261 g/mol. The quantitative estimate of drug-likeness (QED) is 0.882. The van der Waals surface area contributed by atoms with E-state index in [1.807, 2.05) is 18.2 Å². The maximum atomic E-state index is 6.22. The van der Waals surface area contributed by atoms with Crippen LogP contribution in [0.5, 0.6) is 0 Å². The van der Waals surface area contributed by atoms with E-state index in [1.54, 1.807) is 18.5 Å². The van der Waals surface area contributed by atoms with Gasteiger partial charge in [0.2, 0.25) is 5.95 Å². The van der Waals surface area contributed by atoms with Gasteiger partial charge in [-0.2, -0.15) is 0 Å². The molecule has 0 bridgehead atoms. The van der Waals surface area contributed by atoms with E-state index < -0.39 is 0 Å². The lowest BCUT2D eigenvalue weighted by Gasteiger charge is -2.21. The molecule has 1 heterocycles. The molecule has 3 nitrogen and oxygen atoms in total. The number of benzene rings is 1. The van der Waals surface area contributed by atoms with E-state index >= 15 is 0 Å². The van der Waals surface area contributed by atoms with Crippen molar-refractivity contribution in [2.24, 2.45) is 0 Å². The highest BCUT2D eigenvalue weighted by Gasteiger charge is 2.17. The van der Waals surface area contributed by atoms with E-state index in [0.717, 1.165) is 16.3 Å². The van der Waals surface area contributed by atoms with Crippen LogP contribution >= 0.6 is 11.6 Å². The Morgan fingerprint density at radius 1 is 1.11 bits per heavy atom. The van der Waals surface area contributed by atoms with Crippen LogP contribution in [0.25, 0.3) is 0 Å². The average Bonchev–Trinajstić information content (AvgIpc) is 2.31. The van der Waals surface area contributed by atoms with E-state index in [1.165, 1.54) is 0 Å². The first-order chi connectivity index (χ1) is 8.47. The topological polar surface area (TPSA) is 37.8 Å². The molecule has 0 saturated carbocycles. The summed E-state index contributed by atoms with van der Waals surface area (Å²) in [6.45, 7) is 6.41. The van der Waals surface area contributed by atoms with Gasteiger partial charge in [0, 0.05) is 23.1 Å². The number of anilines is 2. The van der Waals surface area contributed by atoms with Gasteiger partial charge in [0.1, 0.15) is 0 Å². The highest BCUT2D eigenvalue weighted by molar-refractivity contribution is 6.31. The molecule has 0 atom stereocenters. The molecule has 0 spiro atoms. The Morgan fingerprint density at radius 3 is 2.39 bits per heavy atom. The lowest BCUT2D eigenvalue weighted by Crippen LogP contribution is -2.12. The molecule has 0 aliphatic rings. The summed E-state index contributed by atoms with van der Waals surface area (Å²) in [6.07, 6.45) is 3.41. The van der Waals surface area contributed by atoms with Crippen molar-refractivity contribution in [3.8, 4) is 0 Å². The number of hydrogen-bond donors (Lipinski definition) is 1. The van der Waals surface area contributed by atoms with Crippen LogP contribution in [0.15, 0.2) is 36.7 Å². The van der Waals surface area contributed by atoms with Crippen molar-refractivity contribution in [2.75, 3.05) is 5.32 Å². The maximum Gasteiger partial charge on any atom is 0.227 e. The molecule has 4 heteroatoms. The minimum Gasteiger partial charge on any atom is -0.324 e. The van der Waals surface area contributed by atoms with E-state index in [-0.39, 0.29) is 5.41 Å². The second-order valence-corrected chi connectivity index (χ2v) is 5.55. The third-order valence-corrected chi connectivity index (χ3v) is 2.93. The van der Waals surface area contributed by atoms with Crippen LogP contribution in [0.3, 0.4) is 0 Å². The second kappa shape index (κ2) is 4.94. The van der Waals surface area contributed by atoms with Crippen LogP contribution in [-0.2, 0) is 5.41 Å². The minimum absolute atomic E-state index is 0.00627. The normalized spacial score (nSPS) is 11.3. The van der Waals surface area contributed by atoms with Gasteiger partial charge in [0.25, 0.3) is 0 Å². The Hall–Kier alpha value is -1.61. The number of hydrogen-bond acceptors (Lipinski definition) is 3. The summed E-state index contributed by atoms with van der Waals surface area (Å²) in [5.74, 6) is 0.583. The van der Waals surface area contributed by atoms with E-state index in [2.05, 4.69) is 36.1 Å². The van der Waals surface area contributed by atoms with Gasteiger partial charge in [-0.05, 0) is 35.2 Å². The first-order valence-corrected chi connectivity index (χ1v) is 6.19. The van der Waals surface area contributed by atoms with Crippen LogP contribution in [0.4, 0.5) is 11.6 Å². The molecule has 0 radical (unpaired) electrons. The van der Waals surface area contributed by atoms with Crippen molar-refractivity contribution in [3.63, 3.8) is 0 Å². The Labute approximate surface area is 112 Å². The number of nitrogens with zero attached hydrogens (tertiary/aromatic N) is 2. The van der Waals surface area contributed by atoms with Crippen LogP contribution < -0.4 is 5.32 Å². The lowest BCUT2D eigenvalue weighted by atomic mass is 9.87. The molecule has 94 valence electrons. The minimum atomic E-state index is 0.00627. The van der Waals surface area contributed by atoms with Crippen molar-refractivity contribution in [1.82, 2.24) is 9.97 Å². The lowest BCUT2D eigenvalue weighted by molar-refractivity contribution is 0.591. The zero-order valence-electron chi connectivity index (χ0n) is 10.7. The molecular weight excluding hydrogens is 246 g/mol. The Morgan fingerprint density at radius 2 is 1.78 bits per heavy atom. The standard InChI is InChI=1S/C14H16ClN3/c1-14(2,3)11-9-10(5-6-12(11)15)18-13-16-7-4-8-17-13/h4-9H,1-3H3,(H,16,17,18). The fraction of sp³-hybridized carbons (Fsp3) is 0.286. The van der Waals surface area contributed by atoms with Crippen LogP contribution in [-0.4, -0.2) is 9.97 Å². The van der Waals surface area contributed by atoms with Crippen LogP contribution in [0.1, 0.15) is 26.3 Å².